The van der Waals surface area contributed by atoms with Gasteiger partial charge in [0.1, 0.15) is 5.76 Å². The number of ether oxygens (including phenoxy) is 1. The average Bonchev–Trinajstić information content (AvgIpc) is 2.47. The van der Waals surface area contributed by atoms with E-state index in [1.165, 1.54) is 5.56 Å². The number of nitrogens with one attached hydrogen (secondary N) is 1. The van der Waals surface area contributed by atoms with Gasteiger partial charge in [0.25, 0.3) is 0 Å². The molecule has 1 aromatic carbocycles. The summed E-state index contributed by atoms with van der Waals surface area (Å²) >= 11 is 0. The zero-order valence-electron chi connectivity index (χ0n) is 11.1. The van der Waals surface area contributed by atoms with Crippen LogP contribution in [0.3, 0.4) is 0 Å². The molecule has 1 aliphatic rings. The van der Waals surface area contributed by atoms with E-state index in [1.807, 2.05) is 30.4 Å². The summed E-state index contributed by atoms with van der Waals surface area (Å²) in [5.41, 5.74) is 1.21. The molecule has 0 heterocycles. The molecule has 1 N–H and O–H groups in total. The lowest BCUT2D eigenvalue weighted by Gasteiger charge is -2.14. The third-order valence-electron chi connectivity index (χ3n) is 3.12. The Labute approximate surface area is 114 Å². The Kier molecular flexibility index (Phi) is 4.78. The van der Waals surface area contributed by atoms with Crippen molar-refractivity contribution in [2.24, 2.45) is 0 Å². The normalized spacial score (nSPS) is 15.5. The molecule has 2 rings (SSSR count). The molecule has 1 atom stereocenters. The van der Waals surface area contributed by atoms with E-state index in [0.29, 0.717) is 6.54 Å². The fraction of sp³-hybridized carbons (Fsp3) is 0.312. The first kappa shape index (κ1) is 13.4. The van der Waals surface area contributed by atoms with Crippen molar-refractivity contribution in [1.82, 2.24) is 5.32 Å². The Hall–Kier alpha value is -2.03. The second-order valence-corrected chi connectivity index (χ2v) is 4.68. The van der Waals surface area contributed by atoms with Gasteiger partial charge in [0.15, 0.2) is 0 Å². The topological polar surface area (TPSA) is 38.3 Å². The van der Waals surface area contributed by atoms with E-state index in [0.717, 1.165) is 18.6 Å². The number of benzene rings is 1. The van der Waals surface area contributed by atoms with Crippen molar-refractivity contribution in [3.8, 4) is 0 Å². The van der Waals surface area contributed by atoms with Crippen LogP contribution in [0.2, 0.25) is 0 Å². The van der Waals surface area contributed by atoms with Crippen molar-refractivity contribution >= 4 is 6.09 Å². The highest BCUT2D eigenvalue weighted by atomic mass is 16.6. The standard InChI is InChI=1S/C16H19NO2/c1-13(14-8-4-2-5-9-14)12-17-16(18)19-15-10-6-3-7-11-15/h2-6,8-10,13H,7,11-12H2,1H3,(H,17,18). The average molecular weight is 257 g/mol. The number of alkyl carbamates (subject to hydrolysis) is 1. The molecule has 0 saturated carbocycles. The molecule has 1 aliphatic carbocycles. The largest absolute Gasteiger partial charge is 0.415 e. The molecule has 0 radical (unpaired) electrons. The first-order valence-electron chi connectivity index (χ1n) is 6.62. The first-order valence-corrected chi connectivity index (χ1v) is 6.62. The number of hydrogen-bond acceptors (Lipinski definition) is 2. The fourth-order valence-electron chi connectivity index (χ4n) is 1.96. The van der Waals surface area contributed by atoms with Crippen LogP contribution >= 0.6 is 0 Å². The molecule has 1 unspecified atom stereocenters. The lowest BCUT2D eigenvalue weighted by atomic mass is 10.0. The predicted octanol–water partition coefficient (Wildman–Crippen LogP) is 3.75. The molecule has 0 aromatic heterocycles. The van der Waals surface area contributed by atoms with Gasteiger partial charge in [-0.1, -0.05) is 49.4 Å². The summed E-state index contributed by atoms with van der Waals surface area (Å²) in [7, 11) is 0. The molecule has 0 saturated heterocycles. The third kappa shape index (κ3) is 4.28. The summed E-state index contributed by atoms with van der Waals surface area (Å²) < 4.78 is 5.24. The maximum atomic E-state index is 11.6. The minimum absolute atomic E-state index is 0.272. The van der Waals surface area contributed by atoms with Crippen LogP contribution in [0.1, 0.15) is 31.2 Å². The van der Waals surface area contributed by atoms with Gasteiger partial charge in [-0.05, 0) is 24.0 Å². The Morgan fingerprint density at radius 2 is 2.16 bits per heavy atom. The lowest BCUT2D eigenvalue weighted by molar-refractivity contribution is 0.172. The summed E-state index contributed by atoms with van der Waals surface area (Å²) in [6, 6.07) is 10.1. The number of hydrogen-bond donors (Lipinski definition) is 1. The summed E-state index contributed by atoms with van der Waals surface area (Å²) in [6.07, 6.45) is 7.16. The van der Waals surface area contributed by atoms with Crippen LogP contribution < -0.4 is 5.32 Å². The molecule has 3 heteroatoms. The van der Waals surface area contributed by atoms with Crippen LogP contribution in [-0.4, -0.2) is 12.6 Å². The van der Waals surface area contributed by atoms with Crippen molar-refractivity contribution in [3.63, 3.8) is 0 Å². The maximum Gasteiger partial charge on any atom is 0.412 e. The molecule has 3 nitrogen and oxygen atoms in total. The first-order chi connectivity index (χ1) is 9.25. The van der Waals surface area contributed by atoms with Crippen molar-refractivity contribution in [2.75, 3.05) is 6.54 Å². The van der Waals surface area contributed by atoms with Gasteiger partial charge in [0.2, 0.25) is 0 Å². The number of rotatable bonds is 4. The minimum Gasteiger partial charge on any atom is -0.415 e. The zero-order chi connectivity index (χ0) is 13.5. The Balaban J connectivity index is 1.77. The summed E-state index contributed by atoms with van der Waals surface area (Å²) in [4.78, 5) is 11.6. The van der Waals surface area contributed by atoms with Crippen LogP contribution in [0, 0.1) is 0 Å². The van der Waals surface area contributed by atoms with Crippen molar-refractivity contribution in [1.29, 1.82) is 0 Å². The number of allylic oxidation sites excluding steroid dienone is 4. The molecule has 0 bridgehead atoms. The molecule has 1 amide bonds. The lowest BCUT2D eigenvalue weighted by Crippen LogP contribution is -2.28. The van der Waals surface area contributed by atoms with Gasteiger partial charge < -0.3 is 10.1 Å². The number of carbonyl (C=O) groups excluding carboxylic acids is 1. The van der Waals surface area contributed by atoms with E-state index >= 15 is 0 Å². The maximum absolute atomic E-state index is 11.6. The smallest absolute Gasteiger partial charge is 0.412 e. The highest BCUT2D eigenvalue weighted by molar-refractivity contribution is 5.68. The van der Waals surface area contributed by atoms with Crippen LogP contribution in [0.25, 0.3) is 0 Å². The SMILES string of the molecule is CC(CNC(=O)OC1=CC=CCC1)c1ccccc1. The van der Waals surface area contributed by atoms with Crippen LogP contribution in [0.4, 0.5) is 4.79 Å². The number of amides is 1. The molecular weight excluding hydrogens is 238 g/mol. The van der Waals surface area contributed by atoms with E-state index in [9.17, 15) is 4.79 Å². The van der Waals surface area contributed by atoms with E-state index in [-0.39, 0.29) is 12.0 Å². The highest BCUT2D eigenvalue weighted by Gasteiger charge is 2.10. The quantitative estimate of drug-likeness (QED) is 0.892. The second-order valence-electron chi connectivity index (χ2n) is 4.68. The summed E-state index contributed by atoms with van der Waals surface area (Å²) in [5.74, 6) is 1.00. The molecule has 0 spiro atoms. The van der Waals surface area contributed by atoms with Crippen molar-refractivity contribution in [2.45, 2.75) is 25.7 Å². The van der Waals surface area contributed by atoms with Gasteiger partial charge >= 0.3 is 6.09 Å². The summed E-state index contributed by atoms with van der Waals surface area (Å²) in [6.45, 7) is 2.66. The van der Waals surface area contributed by atoms with Crippen LogP contribution in [0.5, 0.6) is 0 Å². The molecule has 19 heavy (non-hydrogen) atoms. The van der Waals surface area contributed by atoms with Gasteiger partial charge in [0, 0.05) is 13.0 Å². The van der Waals surface area contributed by atoms with Crippen LogP contribution in [0.15, 0.2) is 54.3 Å². The number of carbonyl (C=O) groups is 1. The van der Waals surface area contributed by atoms with E-state index in [1.54, 1.807) is 0 Å². The van der Waals surface area contributed by atoms with Crippen molar-refractivity contribution < 1.29 is 9.53 Å². The third-order valence-corrected chi connectivity index (χ3v) is 3.12. The van der Waals surface area contributed by atoms with Gasteiger partial charge in [-0.2, -0.15) is 0 Å². The summed E-state index contributed by atoms with van der Waals surface area (Å²) in [5, 5.41) is 2.80. The Morgan fingerprint density at radius 1 is 1.37 bits per heavy atom. The highest BCUT2D eigenvalue weighted by Crippen LogP contribution is 2.15. The van der Waals surface area contributed by atoms with E-state index in [4.69, 9.17) is 4.74 Å². The zero-order valence-corrected chi connectivity index (χ0v) is 11.1. The van der Waals surface area contributed by atoms with Crippen molar-refractivity contribution in [3.05, 3.63) is 59.9 Å². The van der Waals surface area contributed by atoms with Gasteiger partial charge in [-0.3, -0.25) is 0 Å². The van der Waals surface area contributed by atoms with E-state index in [2.05, 4.69) is 30.4 Å². The molecule has 0 fully saturated rings. The monoisotopic (exact) mass is 257 g/mol. The second kappa shape index (κ2) is 6.78. The molecule has 1 aromatic rings. The van der Waals surface area contributed by atoms with Gasteiger partial charge in [0.05, 0.1) is 0 Å². The van der Waals surface area contributed by atoms with Gasteiger partial charge in [-0.15, -0.1) is 0 Å². The Bertz CT molecular complexity index is 477. The van der Waals surface area contributed by atoms with E-state index < -0.39 is 0 Å². The van der Waals surface area contributed by atoms with Gasteiger partial charge in [-0.25, -0.2) is 4.79 Å². The fourth-order valence-corrected chi connectivity index (χ4v) is 1.96. The molecule has 100 valence electrons. The Morgan fingerprint density at radius 3 is 2.84 bits per heavy atom. The minimum atomic E-state index is -0.371. The molecule has 0 aliphatic heterocycles. The van der Waals surface area contributed by atoms with Crippen LogP contribution in [-0.2, 0) is 4.74 Å². The predicted molar refractivity (Wildman–Crippen MR) is 75.8 cm³/mol. The molecular formula is C16H19NO2.